The highest BCUT2D eigenvalue weighted by Crippen LogP contribution is 2.36. The van der Waals surface area contributed by atoms with Crippen LogP contribution in [0.25, 0.3) is 10.9 Å². The number of amides is 1. The average Bonchev–Trinajstić information content (AvgIpc) is 2.85. The van der Waals surface area contributed by atoms with E-state index in [1.807, 2.05) is 19.1 Å². The third-order valence-corrected chi connectivity index (χ3v) is 6.08. The van der Waals surface area contributed by atoms with Crippen molar-refractivity contribution in [2.24, 2.45) is 5.10 Å². The first-order chi connectivity index (χ1) is 17.6. The molecule has 10 nitrogen and oxygen atoms in total. The Kier molecular flexibility index (Phi) is 7.65. The first-order valence-corrected chi connectivity index (χ1v) is 12.0. The molecular formula is C25H19BrClN5O5. The lowest BCUT2D eigenvalue weighted by molar-refractivity contribution is -0.385. The second-order valence-corrected chi connectivity index (χ2v) is 9.26. The maximum absolute atomic E-state index is 12.9. The van der Waals surface area contributed by atoms with Crippen molar-refractivity contribution in [1.29, 1.82) is 0 Å². The van der Waals surface area contributed by atoms with E-state index in [4.69, 9.17) is 16.3 Å². The second kappa shape index (κ2) is 10.9. The molecule has 0 atom stereocenters. The number of nitrogens with one attached hydrogen (secondary N) is 1. The highest BCUT2D eigenvalue weighted by atomic mass is 79.9. The van der Waals surface area contributed by atoms with Gasteiger partial charge in [-0.05, 0) is 49.7 Å². The third-order valence-electron chi connectivity index (χ3n) is 5.30. The summed E-state index contributed by atoms with van der Waals surface area (Å²) in [5, 5.41) is 18.8. The zero-order valence-corrected chi connectivity index (χ0v) is 21.9. The molecule has 188 valence electrons. The predicted octanol–water partition coefficient (Wildman–Crippen LogP) is 5.24. The van der Waals surface area contributed by atoms with Gasteiger partial charge in [0, 0.05) is 21.8 Å². The van der Waals surface area contributed by atoms with Crippen molar-refractivity contribution in [3.8, 4) is 5.75 Å². The van der Waals surface area contributed by atoms with Crippen molar-refractivity contribution in [3.05, 3.63) is 102 Å². The van der Waals surface area contributed by atoms with Crippen LogP contribution in [0.4, 0.5) is 11.4 Å². The molecular weight excluding hydrogens is 566 g/mol. The molecule has 0 saturated heterocycles. The minimum Gasteiger partial charge on any atom is -0.476 e. The molecule has 0 fully saturated rings. The van der Waals surface area contributed by atoms with Crippen molar-refractivity contribution < 1.29 is 14.5 Å². The Labute approximate surface area is 223 Å². The molecule has 1 N–H and O–H groups in total. The number of carbonyl (C=O) groups is 1. The Balaban J connectivity index is 1.59. The number of hydrogen-bond donors (Lipinski definition) is 1. The van der Waals surface area contributed by atoms with Gasteiger partial charge in [0.2, 0.25) is 5.75 Å². The lowest BCUT2D eigenvalue weighted by Crippen LogP contribution is -2.21. The molecule has 3 aromatic carbocycles. The molecule has 0 bridgehead atoms. The third kappa shape index (κ3) is 5.84. The summed E-state index contributed by atoms with van der Waals surface area (Å²) in [5.74, 6) is -0.429. The summed E-state index contributed by atoms with van der Waals surface area (Å²) in [7, 11) is 0. The van der Waals surface area contributed by atoms with Gasteiger partial charge in [0.15, 0.2) is 6.61 Å². The molecule has 0 spiro atoms. The van der Waals surface area contributed by atoms with Crippen LogP contribution in [0.5, 0.6) is 5.75 Å². The van der Waals surface area contributed by atoms with Crippen LogP contribution in [0.15, 0.2) is 69.0 Å². The Hall–Kier alpha value is -4.09. The fourth-order valence-corrected chi connectivity index (χ4v) is 4.15. The van der Waals surface area contributed by atoms with Crippen molar-refractivity contribution in [1.82, 2.24) is 9.66 Å². The van der Waals surface area contributed by atoms with Gasteiger partial charge in [-0.3, -0.25) is 19.7 Å². The summed E-state index contributed by atoms with van der Waals surface area (Å²) in [6.07, 6.45) is 1.26. The minimum absolute atomic E-state index is 0.0935. The van der Waals surface area contributed by atoms with E-state index in [0.29, 0.717) is 26.9 Å². The van der Waals surface area contributed by atoms with Gasteiger partial charge in [-0.2, -0.15) is 9.78 Å². The van der Waals surface area contributed by atoms with Crippen molar-refractivity contribution >= 4 is 61.9 Å². The lowest BCUT2D eigenvalue weighted by Gasteiger charge is -2.11. The van der Waals surface area contributed by atoms with Gasteiger partial charge >= 0.3 is 5.69 Å². The molecule has 0 aliphatic carbocycles. The van der Waals surface area contributed by atoms with E-state index in [9.17, 15) is 19.7 Å². The Morgan fingerprint density at radius 3 is 2.73 bits per heavy atom. The lowest BCUT2D eigenvalue weighted by atomic mass is 10.2. The van der Waals surface area contributed by atoms with Crippen molar-refractivity contribution in [2.45, 2.75) is 13.8 Å². The van der Waals surface area contributed by atoms with Gasteiger partial charge in [-0.15, -0.1) is 0 Å². The summed E-state index contributed by atoms with van der Waals surface area (Å²) in [4.78, 5) is 40.7. The molecule has 4 rings (SSSR count). The van der Waals surface area contributed by atoms with Crippen LogP contribution in [0, 0.1) is 24.0 Å². The molecule has 37 heavy (non-hydrogen) atoms. The second-order valence-electron chi connectivity index (χ2n) is 7.94. The number of halogens is 2. The number of hydrogen-bond acceptors (Lipinski definition) is 7. The van der Waals surface area contributed by atoms with Crippen LogP contribution in [0.2, 0.25) is 5.02 Å². The van der Waals surface area contributed by atoms with E-state index < -0.39 is 28.7 Å². The van der Waals surface area contributed by atoms with E-state index in [2.05, 4.69) is 31.3 Å². The number of carbonyl (C=O) groups excluding carboxylic acids is 1. The summed E-state index contributed by atoms with van der Waals surface area (Å²) < 4.78 is 7.22. The number of nitro groups is 1. The summed E-state index contributed by atoms with van der Waals surface area (Å²) >= 11 is 9.61. The number of nitrogens with zero attached hydrogens (tertiary/aromatic N) is 4. The zero-order chi connectivity index (χ0) is 26.7. The number of nitro benzene ring substituents is 1. The van der Waals surface area contributed by atoms with Crippen LogP contribution in [0.1, 0.15) is 17.0 Å². The fourth-order valence-electron chi connectivity index (χ4n) is 3.51. The molecule has 0 saturated carbocycles. The fraction of sp³-hybridized carbons (Fsp3) is 0.120. The van der Waals surface area contributed by atoms with E-state index in [0.717, 1.165) is 10.2 Å². The molecule has 0 radical (unpaired) electrons. The van der Waals surface area contributed by atoms with Gasteiger partial charge in [-0.1, -0.05) is 45.7 Å². The summed E-state index contributed by atoms with van der Waals surface area (Å²) in [6, 6.07) is 14.9. The topological polar surface area (TPSA) is 129 Å². The van der Waals surface area contributed by atoms with E-state index in [1.165, 1.54) is 18.3 Å². The predicted molar refractivity (Wildman–Crippen MR) is 145 cm³/mol. The number of para-hydroxylation sites is 1. The number of rotatable bonds is 7. The Morgan fingerprint density at radius 2 is 2.00 bits per heavy atom. The van der Waals surface area contributed by atoms with Crippen LogP contribution >= 0.6 is 27.5 Å². The standard InChI is InChI=1S/C25H19BrClN5O5/c1-14-5-3-4-6-20(14)30-23(33)13-37-24-19(27)9-16(10-22(24)32(35)36)12-28-31-15(2)29-21-8-7-17(26)11-18(21)25(31)34/h3-12H,13H2,1-2H3,(H,30,33). The van der Waals surface area contributed by atoms with Crippen LogP contribution < -0.4 is 15.6 Å². The van der Waals surface area contributed by atoms with E-state index in [-0.39, 0.29) is 16.3 Å². The number of benzene rings is 3. The van der Waals surface area contributed by atoms with Crippen LogP contribution in [-0.2, 0) is 4.79 Å². The highest BCUT2D eigenvalue weighted by Gasteiger charge is 2.21. The zero-order valence-electron chi connectivity index (χ0n) is 19.6. The SMILES string of the molecule is Cc1ccccc1NC(=O)COc1c(Cl)cc(C=Nn2c(C)nc3ccc(Br)cc3c2=O)cc1[N+](=O)[O-]. The molecule has 1 aromatic heterocycles. The van der Waals surface area contributed by atoms with Crippen LogP contribution in [0.3, 0.4) is 0 Å². The van der Waals surface area contributed by atoms with E-state index >= 15 is 0 Å². The number of ether oxygens (including phenoxy) is 1. The summed E-state index contributed by atoms with van der Waals surface area (Å²) in [6.45, 7) is 2.96. The van der Waals surface area contributed by atoms with Crippen molar-refractivity contribution in [3.63, 3.8) is 0 Å². The first-order valence-electron chi connectivity index (χ1n) is 10.8. The number of aryl methyl sites for hydroxylation is 2. The quantitative estimate of drug-likeness (QED) is 0.180. The molecule has 4 aromatic rings. The maximum atomic E-state index is 12.9. The summed E-state index contributed by atoms with van der Waals surface area (Å²) in [5.41, 5.74) is 1.36. The molecule has 1 amide bonds. The number of fused-ring (bicyclic) bond motifs is 1. The molecule has 1 heterocycles. The van der Waals surface area contributed by atoms with Gasteiger partial charge in [0.05, 0.1) is 27.1 Å². The van der Waals surface area contributed by atoms with E-state index in [1.54, 1.807) is 37.3 Å². The van der Waals surface area contributed by atoms with Gasteiger partial charge in [-0.25, -0.2) is 4.98 Å². The molecule has 0 unspecified atom stereocenters. The Morgan fingerprint density at radius 1 is 1.24 bits per heavy atom. The normalized spacial score (nSPS) is 11.1. The minimum atomic E-state index is -0.676. The molecule has 0 aliphatic rings. The average molecular weight is 585 g/mol. The Bertz CT molecular complexity index is 1640. The largest absolute Gasteiger partial charge is 0.476 e. The molecule has 12 heteroatoms. The highest BCUT2D eigenvalue weighted by molar-refractivity contribution is 9.10. The van der Waals surface area contributed by atoms with Gasteiger partial charge in [0.1, 0.15) is 5.82 Å². The number of aromatic nitrogens is 2. The number of anilines is 1. The maximum Gasteiger partial charge on any atom is 0.313 e. The molecule has 0 aliphatic heterocycles. The van der Waals surface area contributed by atoms with Gasteiger partial charge in [0.25, 0.3) is 11.5 Å². The van der Waals surface area contributed by atoms with Gasteiger partial charge < -0.3 is 10.1 Å². The first kappa shape index (κ1) is 26.0. The van der Waals surface area contributed by atoms with Crippen molar-refractivity contribution in [2.75, 3.05) is 11.9 Å². The smallest absolute Gasteiger partial charge is 0.313 e. The van der Waals surface area contributed by atoms with Crippen LogP contribution in [-0.4, -0.2) is 33.3 Å². The monoisotopic (exact) mass is 583 g/mol.